The number of amides is 1. The Kier molecular flexibility index (Phi) is 6.26. The molecule has 0 spiro atoms. The number of halogens is 5. The Bertz CT molecular complexity index is 1170. The zero-order valence-corrected chi connectivity index (χ0v) is 17.4. The van der Waals surface area contributed by atoms with Gasteiger partial charge in [0.05, 0.1) is 25.5 Å². The Labute approximate surface area is 184 Å². The summed E-state index contributed by atoms with van der Waals surface area (Å²) in [4.78, 5) is 37.1. The Balaban J connectivity index is 2.46. The van der Waals surface area contributed by atoms with Crippen LogP contribution in [0.5, 0.6) is 5.75 Å². The molecule has 0 aromatic heterocycles. The minimum atomic E-state index is -5.46. The van der Waals surface area contributed by atoms with E-state index in [0.717, 1.165) is 20.3 Å². The molecular formula is C22H16F5NO5. The Morgan fingerprint density at radius 3 is 2.15 bits per heavy atom. The molecule has 0 aliphatic heterocycles. The quantitative estimate of drug-likeness (QED) is 0.386. The first-order chi connectivity index (χ1) is 15.4. The molecule has 33 heavy (non-hydrogen) atoms. The molecule has 6 nitrogen and oxygen atoms in total. The topological polar surface area (TPSA) is 72.9 Å². The number of ketones is 1. The third-order valence-corrected chi connectivity index (χ3v) is 5.12. The van der Waals surface area contributed by atoms with Gasteiger partial charge in [0.2, 0.25) is 11.6 Å². The molecule has 1 atom stereocenters. The van der Waals surface area contributed by atoms with Crippen molar-refractivity contribution in [3.8, 4) is 5.75 Å². The molecule has 2 aromatic carbocycles. The fourth-order valence-corrected chi connectivity index (χ4v) is 3.66. The van der Waals surface area contributed by atoms with Crippen LogP contribution < -0.4 is 9.64 Å². The summed E-state index contributed by atoms with van der Waals surface area (Å²) in [5.74, 6) is -10.4. The van der Waals surface area contributed by atoms with E-state index in [1.807, 2.05) is 0 Å². The summed E-state index contributed by atoms with van der Waals surface area (Å²) in [5.41, 5.74) is -2.67. The number of hydrogen-bond donors (Lipinski definition) is 0. The van der Waals surface area contributed by atoms with E-state index in [0.29, 0.717) is 12.6 Å². The average Bonchev–Trinajstić information content (AvgIpc) is 2.79. The standard InChI is InChI=1S/C22H16F5NO5/c1-28(21(31)22(25,26)27)17-14-13(19(32-2)16(24)15(17)23)11(10-7-5-4-6-8-10)9-12(18(14)29)20(30)33-3/h4-9,11H,1-3H3. The lowest BCUT2D eigenvalue weighted by atomic mass is 9.78. The van der Waals surface area contributed by atoms with Crippen molar-refractivity contribution in [3.63, 3.8) is 0 Å². The van der Waals surface area contributed by atoms with Gasteiger partial charge in [-0.05, 0) is 5.56 Å². The summed E-state index contributed by atoms with van der Waals surface area (Å²) >= 11 is 0. The lowest BCUT2D eigenvalue weighted by Crippen LogP contribution is -2.40. The smallest absolute Gasteiger partial charge is 0.471 e. The van der Waals surface area contributed by atoms with Crippen molar-refractivity contribution < 1.29 is 45.8 Å². The molecule has 11 heteroatoms. The Morgan fingerprint density at radius 2 is 1.64 bits per heavy atom. The van der Waals surface area contributed by atoms with Crippen molar-refractivity contribution in [3.05, 3.63) is 70.3 Å². The van der Waals surface area contributed by atoms with Crippen LogP contribution in [0.15, 0.2) is 42.0 Å². The second-order valence-corrected chi connectivity index (χ2v) is 6.95. The normalized spacial score (nSPS) is 15.5. The van der Waals surface area contributed by atoms with Crippen LogP contribution in [0.3, 0.4) is 0 Å². The third kappa shape index (κ3) is 3.94. The highest BCUT2D eigenvalue weighted by atomic mass is 19.4. The highest BCUT2D eigenvalue weighted by Gasteiger charge is 2.46. The molecular weight excluding hydrogens is 453 g/mol. The van der Waals surface area contributed by atoms with Gasteiger partial charge < -0.3 is 14.4 Å². The number of hydrogen-bond acceptors (Lipinski definition) is 5. The monoisotopic (exact) mass is 469 g/mol. The molecule has 1 aliphatic rings. The predicted octanol–water partition coefficient (Wildman–Crippen LogP) is 3.93. The van der Waals surface area contributed by atoms with Gasteiger partial charge in [0.15, 0.2) is 11.6 Å². The molecule has 0 radical (unpaired) electrons. The van der Waals surface area contributed by atoms with Gasteiger partial charge >= 0.3 is 18.1 Å². The number of carbonyl (C=O) groups is 3. The predicted molar refractivity (Wildman–Crippen MR) is 105 cm³/mol. The lowest BCUT2D eigenvalue weighted by molar-refractivity contribution is -0.170. The van der Waals surface area contributed by atoms with Crippen molar-refractivity contribution in [2.45, 2.75) is 12.1 Å². The number of Topliss-reactive ketones (excluding diaryl/α,β-unsaturated/α-hetero) is 1. The minimum absolute atomic E-state index is 0.211. The fraction of sp³-hybridized carbons (Fsp3) is 0.227. The van der Waals surface area contributed by atoms with E-state index >= 15 is 4.39 Å². The van der Waals surface area contributed by atoms with E-state index in [4.69, 9.17) is 4.74 Å². The number of nitrogens with zero attached hydrogens (tertiary/aromatic N) is 1. The molecule has 1 unspecified atom stereocenters. The van der Waals surface area contributed by atoms with E-state index < -0.39 is 64.0 Å². The first kappa shape index (κ1) is 23.9. The van der Waals surface area contributed by atoms with Crippen LogP contribution in [0.2, 0.25) is 0 Å². The molecule has 0 bridgehead atoms. The highest BCUT2D eigenvalue weighted by Crippen LogP contribution is 2.47. The summed E-state index contributed by atoms with van der Waals surface area (Å²) in [6, 6.07) is 7.90. The van der Waals surface area contributed by atoms with Crippen LogP contribution in [0.1, 0.15) is 27.4 Å². The summed E-state index contributed by atoms with van der Waals surface area (Å²) in [6.45, 7) is 0. The number of rotatable bonds is 4. The van der Waals surface area contributed by atoms with E-state index in [1.54, 1.807) is 30.3 Å². The molecule has 2 aromatic rings. The number of benzene rings is 2. The largest absolute Gasteiger partial charge is 0.493 e. The van der Waals surface area contributed by atoms with Gasteiger partial charge in [-0.2, -0.15) is 17.6 Å². The van der Waals surface area contributed by atoms with Crippen LogP contribution in [-0.4, -0.2) is 45.1 Å². The van der Waals surface area contributed by atoms with Crippen molar-refractivity contribution in [1.29, 1.82) is 0 Å². The molecule has 0 heterocycles. The summed E-state index contributed by atoms with van der Waals surface area (Å²) < 4.78 is 78.8. The first-order valence-corrected chi connectivity index (χ1v) is 9.29. The first-order valence-electron chi connectivity index (χ1n) is 9.29. The zero-order valence-electron chi connectivity index (χ0n) is 17.4. The average molecular weight is 469 g/mol. The summed E-state index contributed by atoms with van der Waals surface area (Å²) in [6.07, 6.45) is -4.33. The van der Waals surface area contributed by atoms with Gasteiger partial charge in [-0.1, -0.05) is 36.4 Å². The van der Waals surface area contributed by atoms with E-state index in [2.05, 4.69) is 4.74 Å². The molecule has 174 valence electrons. The summed E-state index contributed by atoms with van der Waals surface area (Å²) in [5, 5.41) is 0. The number of anilines is 1. The zero-order chi connectivity index (χ0) is 24.7. The summed E-state index contributed by atoms with van der Waals surface area (Å²) in [7, 11) is 2.49. The van der Waals surface area contributed by atoms with Crippen molar-refractivity contribution in [2.75, 3.05) is 26.2 Å². The second-order valence-electron chi connectivity index (χ2n) is 6.95. The van der Waals surface area contributed by atoms with Gasteiger partial charge in [0, 0.05) is 18.5 Å². The second kappa shape index (κ2) is 8.64. The molecule has 0 saturated heterocycles. The van der Waals surface area contributed by atoms with E-state index in [-0.39, 0.29) is 10.5 Å². The van der Waals surface area contributed by atoms with Crippen LogP contribution in [-0.2, 0) is 14.3 Å². The minimum Gasteiger partial charge on any atom is -0.493 e. The number of ether oxygens (including phenoxy) is 2. The van der Waals surface area contributed by atoms with Gasteiger partial charge in [-0.25, -0.2) is 9.18 Å². The molecule has 1 aliphatic carbocycles. The molecule has 3 rings (SSSR count). The number of carbonyl (C=O) groups excluding carboxylic acids is 3. The Morgan fingerprint density at radius 1 is 1.03 bits per heavy atom. The number of fused-ring (bicyclic) bond motifs is 1. The van der Waals surface area contributed by atoms with Crippen molar-refractivity contribution in [1.82, 2.24) is 0 Å². The van der Waals surface area contributed by atoms with Crippen LogP contribution in [0, 0.1) is 11.6 Å². The van der Waals surface area contributed by atoms with Crippen molar-refractivity contribution >= 4 is 23.3 Å². The number of methoxy groups -OCH3 is 2. The van der Waals surface area contributed by atoms with Crippen LogP contribution in [0.25, 0.3) is 0 Å². The van der Waals surface area contributed by atoms with Crippen LogP contribution >= 0.6 is 0 Å². The van der Waals surface area contributed by atoms with Crippen molar-refractivity contribution in [2.24, 2.45) is 0 Å². The van der Waals surface area contributed by atoms with Gasteiger partial charge in [-0.3, -0.25) is 9.59 Å². The van der Waals surface area contributed by atoms with Gasteiger partial charge in [-0.15, -0.1) is 0 Å². The van der Waals surface area contributed by atoms with Gasteiger partial charge in [0.1, 0.15) is 5.57 Å². The molecule has 0 fully saturated rings. The molecule has 1 amide bonds. The van der Waals surface area contributed by atoms with Crippen LogP contribution in [0.4, 0.5) is 27.6 Å². The SMILES string of the molecule is COC(=O)C1=CC(c2ccccc2)c2c(OC)c(F)c(F)c(N(C)C(=O)C(F)(F)F)c2C1=O. The number of alkyl halides is 3. The lowest BCUT2D eigenvalue weighted by Gasteiger charge is -2.30. The Hall–Kier alpha value is -3.76. The number of allylic oxidation sites excluding steroid dienone is 1. The highest BCUT2D eigenvalue weighted by molar-refractivity contribution is 6.28. The third-order valence-electron chi connectivity index (χ3n) is 5.12. The number of esters is 1. The maximum Gasteiger partial charge on any atom is 0.471 e. The van der Waals surface area contributed by atoms with Gasteiger partial charge in [0.25, 0.3) is 0 Å². The van der Waals surface area contributed by atoms with E-state index in [9.17, 15) is 31.9 Å². The molecule has 0 N–H and O–H groups in total. The molecule has 0 saturated carbocycles. The maximum absolute atomic E-state index is 15.0. The maximum atomic E-state index is 15.0. The fourth-order valence-electron chi connectivity index (χ4n) is 3.66. The van der Waals surface area contributed by atoms with E-state index in [1.165, 1.54) is 0 Å².